The maximum atomic E-state index is 5.89. The first-order chi connectivity index (χ1) is 9.02. The number of nitrogens with two attached hydrogens (primary N) is 1. The molecule has 0 radical (unpaired) electrons. The van der Waals surface area contributed by atoms with Gasteiger partial charge in [0.05, 0.1) is 5.60 Å². The van der Waals surface area contributed by atoms with Crippen LogP contribution in [-0.2, 0) is 4.74 Å². The fourth-order valence-electron chi connectivity index (χ4n) is 2.66. The highest BCUT2D eigenvalue weighted by Gasteiger charge is 2.24. The summed E-state index contributed by atoms with van der Waals surface area (Å²) in [4.78, 5) is 5.12. The summed E-state index contributed by atoms with van der Waals surface area (Å²) in [6.45, 7) is 13.2. The van der Waals surface area contributed by atoms with Gasteiger partial charge in [0.25, 0.3) is 0 Å². The lowest BCUT2D eigenvalue weighted by Crippen LogP contribution is -2.52. The second kappa shape index (κ2) is 8.20. The summed E-state index contributed by atoms with van der Waals surface area (Å²) < 4.78 is 5.48. The number of hydrogen-bond acceptors (Lipinski definition) is 4. The summed E-state index contributed by atoms with van der Waals surface area (Å²) >= 11 is 0. The van der Waals surface area contributed by atoms with Crippen molar-refractivity contribution in [2.24, 2.45) is 5.73 Å². The van der Waals surface area contributed by atoms with E-state index in [-0.39, 0.29) is 5.60 Å². The Morgan fingerprint density at radius 2 is 1.84 bits per heavy atom. The quantitative estimate of drug-likeness (QED) is 0.727. The van der Waals surface area contributed by atoms with Crippen molar-refractivity contribution in [1.29, 1.82) is 0 Å². The van der Waals surface area contributed by atoms with Gasteiger partial charge in [-0.25, -0.2) is 0 Å². The predicted molar refractivity (Wildman–Crippen MR) is 81.5 cm³/mol. The molecule has 0 aromatic heterocycles. The van der Waals surface area contributed by atoms with E-state index in [1.165, 1.54) is 25.9 Å². The van der Waals surface area contributed by atoms with Crippen molar-refractivity contribution in [3.05, 3.63) is 0 Å². The minimum absolute atomic E-state index is 0.000854. The molecule has 0 aromatic carbocycles. The van der Waals surface area contributed by atoms with Crippen LogP contribution < -0.4 is 5.73 Å². The second-order valence-electron chi connectivity index (χ2n) is 6.27. The van der Waals surface area contributed by atoms with E-state index in [1.807, 2.05) is 0 Å². The van der Waals surface area contributed by atoms with E-state index in [1.54, 1.807) is 7.11 Å². The zero-order valence-corrected chi connectivity index (χ0v) is 13.3. The number of ether oxygens (including phenoxy) is 1. The van der Waals surface area contributed by atoms with E-state index < -0.39 is 0 Å². The van der Waals surface area contributed by atoms with E-state index >= 15 is 0 Å². The van der Waals surface area contributed by atoms with Gasteiger partial charge in [0.2, 0.25) is 0 Å². The molecule has 1 fully saturated rings. The van der Waals surface area contributed by atoms with Crippen LogP contribution >= 0.6 is 0 Å². The Morgan fingerprint density at radius 1 is 1.21 bits per heavy atom. The smallest absolute Gasteiger partial charge is 0.0634 e. The van der Waals surface area contributed by atoms with Crippen LogP contribution in [-0.4, -0.2) is 67.8 Å². The van der Waals surface area contributed by atoms with Crippen molar-refractivity contribution in [3.8, 4) is 0 Å². The lowest BCUT2D eigenvalue weighted by Gasteiger charge is -2.39. The van der Waals surface area contributed by atoms with Gasteiger partial charge in [-0.3, -0.25) is 4.90 Å². The Kier molecular flexibility index (Phi) is 7.29. The zero-order chi connectivity index (χ0) is 14.3. The third-order valence-corrected chi connectivity index (χ3v) is 4.40. The lowest BCUT2D eigenvalue weighted by molar-refractivity contribution is 0.00148. The number of rotatable bonds is 8. The molecule has 1 unspecified atom stereocenters. The molecule has 0 aliphatic carbocycles. The molecule has 1 aliphatic heterocycles. The van der Waals surface area contributed by atoms with Crippen molar-refractivity contribution in [3.63, 3.8) is 0 Å². The van der Waals surface area contributed by atoms with Gasteiger partial charge in [-0.1, -0.05) is 13.3 Å². The SMILES string of the molecule is CCCC(CN)N1CCN(CCC(C)(C)OC)CC1. The first-order valence-electron chi connectivity index (χ1n) is 7.74. The Labute approximate surface area is 119 Å². The highest BCUT2D eigenvalue weighted by Crippen LogP contribution is 2.15. The normalized spacial score (nSPS) is 20.7. The molecular weight excluding hydrogens is 238 g/mol. The monoisotopic (exact) mass is 271 g/mol. The molecule has 0 bridgehead atoms. The Bertz CT molecular complexity index is 238. The van der Waals surface area contributed by atoms with Crippen molar-refractivity contribution >= 4 is 0 Å². The molecule has 114 valence electrons. The topological polar surface area (TPSA) is 41.7 Å². The van der Waals surface area contributed by atoms with Crippen LogP contribution in [0, 0.1) is 0 Å². The van der Waals surface area contributed by atoms with E-state index in [2.05, 4.69) is 30.6 Å². The van der Waals surface area contributed by atoms with Gasteiger partial charge >= 0.3 is 0 Å². The predicted octanol–water partition coefficient (Wildman–Crippen LogP) is 1.55. The molecule has 0 spiro atoms. The summed E-state index contributed by atoms with van der Waals surface area (Å²) in [6.07, 6.45) is 3.55. The maximum Gasteiger partial charge on any atom is 0.0634 e. The Hall–Kier alpha value is -0.160. The first kappa shape index (κ1) is 16.9. The van der Waals surface area contributed by atoms with Gasteiger partial charge in [-0.15, -0.1) is 0 Å². The van der Waals surface area contributed by atoms with E-state index in [0.29, 0.717) is 6.04 Å². The molecule has 0 aromatic rings. The number of hydrogen-bond donors (Lipinski definition) is 1. The Balaban J connectivity index is 2.28. The van der Waals surface area contributed by atoms with Gasteiger partial charge in [0.15, 0.2) is 0 Å². The second-order valence-corrected chi connectivity index (χ2v) is 6.27. The molecule has 1 rings (SSSR count). The number of piperazine rings is 1. The number of nitrogens with zero attached hydrogens (tertiary/aromatic N) is 2. The fraction of sp³-hybridized carbons (Fsp3) is 1.00. The molecule has 19 heavy (non-hydrogen) atoms. The van der Waals surface area contributed by atoms with Crippen LogP contribution in [0.4, 0.5) is 0 Å². The van der Waals surface area contributed by atoms with Crippen molar-refractivity contribution in [1.82, 2.24) is 9.80 Å². The van der Waals surface area contributed by atoms with Crippen LogP contribution in [0.3, 0.4) is 0 Å². The van der Waals surface area contributed by atoms with Crippen LogP contribution in [0.15, 0.2) is 0 Å². The molecule has 1 saturated heterocycles. The minimum atomic E-state index is -0.000854. The summed E-state index contributed by atoms with van der Waals surface area (Å²) in [7, 11) is 1.80. The molecule has 4 nitrogen and oxygen atoms in total. The summed E-state index contributed by atoms with van der Waals surface area (Å²) in [5.41, 5.74) is 5.89. The standard InChI is InChI=1S/C15H33N3O/c1-5-6-14(13-16)18-11-9-17(10-12-18)8-7-15(2,3)19-4/h14H,5-13,16H2,1-4H3. The van der Waals surface area contributed by atoms with Crippen LogP contribution in [0.5, 0.6) is 0 Å². The molecule has 1 heterocycles. The maximum absolute atomic E-state index is 5.89. The van der Waals surface area contributed by atoms with Crippen LogP contribution in [0.2, 0.25) is 0 Å². The molecule has 0 saturated carbocycles. The molecular formula is C15H33N3O. The lowest BCUT2D eigenvalue weighted by atomic mass is 10.0. The molecule has 1 atom stereocenters. The van der Waals surface area contributed by atoms with Crippen molar-refractivity contribution in [2.75, 3.05) is 46.4 Å². The number of methoxy groups -OCH3 is 1. The molecule has 4 heteroatoms. The van der Waals surface area contributed by atoms with Crippen LogP contribution in [0.25, 0.3) is 0 Å². The van der Waals surface area contributed by atoms with Gasteiger partial charge < -0.3 is 15.4 Å². The molecule has 1 aliphatic rings. The average Bonchev–Trinajstić information content (AvgIpc) is 2.43. The highest BCUT2D eigenvalue weighted by atomic mass is 16.5. The highest BCUT2D eigenvalue weighted by molar-refractivity contribution is 4.80. The summed E-state index contributed by atoms with van der Waals surface area (Å²) in [5.74, 6) is 0. The fourth-order valence-corrected chi connectivity index (χ4v) is 2.66. The largest absolute Gasteiger partial charge is 0.379 e. The Morgan fingerprint density at radius 3 is 2.32 bits per heavy atom. The van der Waals surface area contributed by atoms with Gasteiger partial charge in [0.1, 0.15) is 0 Å². The molecule has 0 amide bonds. The van der Waals surface area contributed by atoms with Gasteiger partial charge in [0, 0.05) is 52.4 Å². The van der Waals surface area contributed by atoms with Gasteiger partial charge in [-0.2, -0.15) is 0 Å². The van der Waals surface area contributed by atoms with Crippen molar-refractivity contribution < 1.29 is 4.74 Å². The zero-order valence-electron chi connectivity index (χ0n) is 13.3. The minimum Gasteiger partial charge on any atom is -0.379 e. The van der Waals surface area contributed by atoms with E-state index in [4.69, 9.17) is 10.5 Å². The van der Waals surface area contributed by atoms with E-state index in [9.17, 15) is 0 Å². The first-order valence-corrected chi connectivity index (χ1v) is 7.74. The van der Waals surface area contributed by atoms with Gasteiger partial charge in [-0.05, 0) is 26.7 Å². The van der Waals surface area contributed by atoms with Crippen LogP contribution in [0.1, 0.15) is 40.0 Å². The van der Waals surface area contributed by atoms with E-state index in [0.717, 1.165) is 32.6 Å². The van der Waals surface area contributed by atoms with Crippen molar-refractivity contribution in [2.45, 2.75) is 51.7 Å². The molecule has 2 N–H and O–H groups in total. The third kappa shape index (κ3) is 5.78. The third-order valence-electron chi connectivity index (χ3n) is 4.40. The average molecular weight is 271 g/mol. The summed E-state index contributed by atoms with van der Waals surface area (Å²) in [5, 5.41) is 0. The summed E-state index contributed by atoms with van der Waals surface area (Å²) in [6, 6.07) is 0.586.